The number of benzene rings is 2. The molecule has 246 valence electrons. The number of nitrogens with zero attached hydrogens (tertiary/aromatic N) is 2. The highest BCUT2D eigenvalue weighted by atomic mass is 19.1. The van der Waals surface area contributed by atoms with Crippen molar-refractivity contribution in [2.75, 3.05) is 28.2 Å². The summed E-state index contributed by atoms with van der Waals surface area (Å²) in [4.78, 5) is 27.1. The van der Waals surface area contributed by atoms with Crippen molar-refractivity contribution in [2.24, 2.45) is 11.8 Å². The molecule has 10 heteroatoms. The first-order valence-corrected chi connectivity index (χ1v) is 16.3. The molecule has 2 aromatic carbocycles. The summed E-state index contributed by atoms with van der Waals surface area (Å²) in [5, 5.41) is 8.83. The van der Waals surface area contributed by atoms with Crippen LogP contribution in [0.3, 0.4) is 0 Å². The zero-order chi connectivity index (χ0) is 32.7. The number of hydrogen-bond donors (Lipinski definition) is 4. The fraction of sp³-hybridized carbons (Fsp3) is 0.571. The van der Waals surface area contributed by atoms with E-state index in [2.05, 4.69) is 41.3 Å². The van der Waals surface area contributed by atoms with Crippen LogP contribution in [0.5, 0.6) is 0 Å². The molecule has 5 rings (SSSR count). The van der Waals surface area contributed by atoms with Crippen LogP contribution >= 0.6 is 0 Å². The summed E-state index contributed by atoms with van der Waals surface area (Å²) in [6.07, 6.45) is 5.18. The number of carbonyl (C=O) groups is 2. The van der Waals surface area contributed by atoms with Crippen LogP contribution in [0, 0.1) is 11.8 Å². The average Bonchev–Trinajstić information content (AvgIpc) is 3.32. The number of carbonyl (C=O) groups excluding carboxylic acids is 2. The second-order valence-corrected chi connectivity index (χ2v) is 13.8. The van der Waals surface area contributed by atoms with Crippen LogP contribution in [-0.4, -0.2) is 40.3 Å². The van der Waals surface area contributed by atoms with E-state index >= 15 is 0 Å². The molecule has 0 unspecified atom stereocenters. The first-order chi connectivity index (χ1) is 21.3. The quantitative estimate of drug-likeness (QED) is 0.199. The van der Waals surface area contributed by atoms with E-state index in [-0.39, 0.29) is 17.2 Å². The number of halogens is 2. The molecule has 0 aliphatic heterocycles. The topological polar surface area (TPSA) is 114 Å². The lowest BCUT2D eigenvalue weighted by Gasteiger charge is -2.27. The molecule has 45 heavy (non-hydrogen) atoms. The highest BCUT2D eigenvalue weighted by molar-refractivity contribution is 5.92. The van der Waals surface area contributed by atoms with Gasteiger partial charge in [0.15, 0.2) is 0 Å². The number of amides is 2. The van der Waals surface area contributed by atoms with Crippen LogP contribution in [-0.2, 0) is 21.5 Å². The zero-order valence-corrected chi connectivity index (χ0v) is 27.4. The molecule has 0 bridgehead atoms. The zero-order valence-electron chi connectivity index (χ0n) is 27.4. The smallest absolute Gasteiger partial charge is 0.221 e. The molecule has 1 heterocycles. The lowest BCUT2D eigenvalue weighted by atomic mass is 9.87. The molecule has 2 fully saturated rings. The summed E-state index contributed by atoms with van der Waals surface area (Å²) in [6.45, 7) is 11.2. The van der Waals surface area contributed by atoms with E-state index in [9.17, 15) is 18.4 Å². The Labute approximate surface area is 265 Å². The molecule has 1 aromatic heterocycles. The van der Waals surface area contributed by atoms with Crippen molar-refractivity contribution in [1.29, 1.82) is 0 Å². The molecule has 5 N–H and O–H groups in total. The van der Waals surface area contributed by atoms with Gasteiger partial charge in [0.25, 0.3) is 0 Å². The van der Waals surface area contributed by atoms with Gasteiger partial charge < -0.3 is 26.3 Å². The number of nitrogens with two attached hydrogens (primary N) is 1. The fourth-order valence-electron chi connectivity index (χ4n) is 6.32. The summed E-state index contributed by atoms with van der Waals surface area (Å²) >= 11 is 0. The highest BCUT2D eigenvalue weighted by Crippen LogP contribution is 2.33. The van der Waals surface area contributed by atoms with Crippen molar-refractivity contribution < 1.29 is 18.4 Å². The summed E-state index contributed by atoms with van der Waals surface area (Å²) < 4.78 is 28.8. The predicted molar refractivity (Wildman–Crippen MR) is 180 cm³/mol. The van der Waals surface area contributed by atoms with Crippen LogP contribution in [0.2, 0.25) is 0 Å². The number of aromatic nitrogens is 2. The van der Waals surface area contributed by atoms with E-state index < -0.39 is 12.3 Å². The molecule has 2 aliphatic carbocycles. The van der Waals surface area contributed by atoms with Crippen LogP contribution in [0.4, 0.5) is 31.5 Å². The van der Waals surface area contributed by atoms with E-state index in [1.165, 1.54) is 13.8 Å². The van der Waals surface area contributed by atoms with E-state index in [1.807, 2.05) is 30.3 Å². The lowest BCUT2D eigenvalue weighted by Crippen LogP contribution is -2.24. The van der Waals surface area contributed by atoms with E-state index in [4.69, 9.17) is 10.7 Å². The largest absolute Gasteiger partial charge is 0.397 e. The summed E-state index contributed by atoms with van der Waals surface area (Å²) in [5.74, 6) is 1.85. The standard InChI is InChI=1S/C20H28FN3O.C15H22FN3O/c1-13(25)22-16-9-10-18-17(11-16)23-19(20(2,3)4)24(18)12-14-5-7-15(21)8-6-14;1-10(20)19-13-6-7-15(14(17)8-13)18-9-11-2-4-12(16)5-3-11/h9-11,14-15H,5-8,12H2,1-4H3,(H,22,25);6-8,11-12,18H,2-5,9,17H2,1H3,(H,19,20). The molecule has 0 radical (unpaired) electrons. The van der Waals surface area contributed by atoms with Gasteiger partial charge in [-0.25, -0.2) is 13.8 Å². The Morgan fingerprint density at radius 1 is 0.844 bits per heavy atom. The molecule has 0 atom stereocenters. The van der Waals surface area contributed by atoms with Crippen LogP contribution in [0.25, 0.3) is 11.0 Å². The van der Waals surface area contributed by atoms with Crippen molar-refractivity contribution in [2.45, 2.75) is 110 Å². The van der Waals surface area contributed by atoms with Gasteiger partial charge in [-0.15, -0.1) is 0 Å². The monoisotopic (exact) mass is 624 g/mol. The number of hydrogen-bond acceptors (Lipinski definition) is 5. The molecule has 0 spiro atoms. The number of anilines is 4. The Morgan fingerprint density at radius 2 is 1.38 bits per heavy atom. The Morgan fingerprint density at radius 3 is 1.91 bits per heavy atom. The normalized spacial score (nSPS) is 21.8. The third-order valence-corrected chi connectivity index (χ3v) is 8.69. The van der Waals surface area contributed by atoms with Gasteiger partial charge in [0.05, 0.1) is 22.4 Å². The SMILES string of the molecule is CC(=O)Nc1ccc(NCC2CCC(F)CC2)c(N)c1.CC(=O)Nc1ccc2c(c1)nc(C(C)(C)C)n2CC1CCC(F)CC1. The van der Waals surface area contributed by atoms with Gasteiger partial charge in [-0.3, -0.25) is 9.59 Å². The fourth-order valence-corrected chi connectivity index (χ4v) is 6.32. The lowest BCUT2D eigenvalue weighted by molar-refractivity contribution is -0.115. The van der Waals surface area contributed by atoms with Gasteiger partial charge in [0.1, 0.15) is 18.2 Å². The molecular weight excluding hydrogens is 574 g/mol. The van der Waals surface area contributed by atoms with E-state index in [0.717, 1.165) is 67.0 Å². The van der Waals surface area contributed by atoms with Gasteiger partial charge in [0.2, 0.25) is 11.8 Å². The first-order valence-electron chi connectivity index (χ1n) is 16.3. The molecule has 0 saturated heterocycles. The maximum Gasteiger partial charge on any atom is 0.221 e. The molecule has 2 aliphatic rings. The highest BCUT2D eigenvalue weighted by Gasteiger charge is 2.27. The third-order valence-electron chi connectivity index (χ3n) is 8.69. The minimum Gasteiger partial charge on any atom is -0.397 e. The number of nitrogen functional groups attached to an aromatic ring is 1. The second-order valence-electron chi connectivity index (χ2n) is 13.8. The van der Waals surface area contributed by atoms with Crippen molar-refractivity contribution in [1.82, 2.24) is 9.55 Å². The maximum atomic E-state index is 13.5. The van der Waals surface area contributed by atoms with Gasteiger partial charge in [-0.05, 0) is 99.6 Å². The summed E-state index contributed by atoms with van der Waals surface area (Å²) in [5.41, 5.74) is 10.8. The first kappa shape index (κ1) is 34.2. The maximum absolute atomic E-state index is 13.5. The van der Waals surface area contributed by atoms with Gasteiger partial charge in [-0.1, -0.05) is 20.8 Å². The number of nitrogens with one attached hydrogen (secondary N) is 3. The average molecular weight is 625 g/mol. The minimum absolute atomic E-state index is 0.0789. The van der Waals surface area contributed by atoms with Crippen LogP contribution in [0.15, 0.2) is 36.4 Å². The van der Waals surface area contributed by atoms with Crippen molar-refractivity contribution in [3.63, 3.8) is 0 Å². The molecule has 8 nitrogen and oxygen atoms in total. The number of fused-ring (bicyclic) bond motifs is 1. The Bertz CT molecular complexity index is 1450. The van der Waals surface area contributed by atoms with Crippen LogP contribution < -0.4 is 21.7 Å². The Kier molecular flexibility index (Phi) is 11.4. The van der Waals surface area contributed by atoms with Crippen molar-refractivity contribution in [3.05, 3.63) is 42.2 Å². The third kappa shape index (κ3) is 9.90. The number of alkyl halides is 2. The molecular formula is C35H50F2N6O2. The molecule has 3 aromatic rings. The van der Waals surface area contributed by atoms with Crippen LogP contribution in [0.1, 0.15) is 91.8 Å². The summed E-state index contributed by atoms with van der Waals surface area (Å²) in [7, 11) is 0. The minimum atomic E-state index is -0.627. The molecule has 2 amide bonds. The molecule has 2 saturated carbocycles. The van der Waals surface area contributed by atoms with Gasteiger partial charge in [0, 0.05) is 43.7 Å². The van der Waals surface area contributed by atoms with E-state index in [0.29, 0.717) is 48.9 Å². The van der Waals surface area contributed by atoms with Gasteiger partial charge >= 0.3 is 0 Å². The Hall–Kier alpha value is -3.69. The van der Waals surface area contributed by atoms with Crippen molar-refractivity contribution in [3.8, 4) is 0 Å². The van der Waals surface area contributed by atoms with Gasteiger partial charge in [-0.2, -0.15) is 0 Å². The number of imidazole rings is 1. The van der Waals surface area contributed by atoms with Crippen molar-refractivity contribution >= 4 is 45.6 Å². The predicted octanol–water partition coefficient (Wildman–Crippen LogP) is 7.99. The second kappa shape index (κ2) is 15.1. The number of rotatable bonds is 7. The Balaban J connectivity index is 0.000000210. The van der Waals surface area contributed by atoms with E-state index in [1.54, 1.807) is 6.07 Å². The summed E-state index contributed by atoms with van der Waals surface area (Å²) in [6, 6.07) is 11.3.